The maximum absolute atomic E-state index is 11.0. The van der Waals surface area contributed by atoms with Crippen LogP contribution in [-0.2, 0) is 11.3 Å². The van der Waals surface area contributed by atoms with Gasteiger partial charge in [0, 0.05) is 4.88 Å². The lowest BCUT2D eigenvalue weighted by Gasteiger charge is -2.23. The highest BCUT2D eigenvalue weighted by Crippen LogP contribution is 2.27. The number of nitrogens with zero attached hydrogens (tertiary/aromatic N) is 1. The third-order valence-corrected chi connectivity index (χ3v) is 3.80. The Kier molecular flexibility index (Phi) is 4.29. The van der Waals surface area contributed by atoms with Gasteiger partial charge in [0.25, 0.3) is 0 Å². The summed E-state index contributed by atoms with van der Waals surface area (Å²) >= 11 is 7.32. The average molecular weight is 297 g/mol. The highest BCUT2D eigenvalue weighted by molar-refractivity contribution is 7.16. The minimum absolute atomic E-state index is 0.107. The van der Waals surface area contributed by atoms with E-state index in [1.54, 1.807) is 17.0 Å². The smallest absolute Gasteiger partial charge is 0.323 e. The first kappa shape index (κ1) is 13.7. The molecule has 0 radical (unpaired) electrons. The maximum Gasteiger partial charge on any atom is 0.323 e. The van der Waals surface area contributed by atoms with E-state index in [-0.39, 0.29) is 6.54 Å². The van der Waals surface area contributed by atoms with Crippen molar-refractivity contribution in [3.63, 3.8) is 0 Å². The fourth-order valence-electron chi connectivity index (χ4n) is 1.79. The SMILES string of the molecule is Nc1ccccc1N(CC(=O)O)Cc1ccc(Cl)s1. The lowest BCUT2D eigenvalue weighted by atomic mass is 10.2. The molecule has 0 unspecified atom stereocenters. The molecule has 6 heteroatoms. The Morgan fingerprint density at radius 1 is 1.32 bits per heavy atom. The fourth-order valence-corrected chi connectivity index (χ4v) is 2.89. The Morgan fingerprint density at radius 3 is 2.63 bits per heavy atom. The number of thiophene rings is 1. The Labute approximate surface area is 120 Å². The van der Waals surface area contributed by atoms with Crippen LogP contribution in [0.3, 0.4) is 0 Å². The molecule has 0 bridgehead atoms. The molecule has 0 aliphatic rings. The van der Waals surface area contributed by atoms with E-state index in [0.717, 1.165) is 10.6 Å². The van der Waals surface area contributed by atoms with Gasteiger partial charge in [-0.05, 0) is 24.3 Å². The van der Waals surface area contributed by atoms with Gasteiger partial charge in [-0.2, -0.15) is 0 Å². The second kappa shape index (κ2) is 5.95. The van der Waals surface area contributed by atoms with Gasteiger partial charge in [-0.3, -0.25) is 4.79 Å². The molecule has 0 fully saturated rings. The zero-order valence-electron chi connectivity index (χ0n) is 10.0. The van der Waals surface area contributed by atoms with Crippen molar-refractivity contribution < 1.29 is 9.90 Å². The molecule has 19 heavy (non-hydrogen) atoms. The third-order valence-electron chi connectivity index (χ3n) is 2.58. The fraction of sp³-hybridized carbons (Fsp3) is 0.154. The average Bonchev–Trinajstić information content (AvgIpc) is 2.74. The molecule has 2 aromatic rings. The van der Waals surface area contributed by atoms with Gasteiger partial charge in [-0.1, -0.05) is 23.7 Å². The van der Waals surface area contributed by atoms with Gasteiger partial charge in [0.2, 0.25) is 0 Å². The lowest BCUT2D eigenvalue weighted by Crippen LogP contribution is -2.29. The van der Waals surface area contributed by atoms with Crippen molar-refractivity contribution in [2.75, 3.05) is 17.2 Å². The van der Waals surface area contributed by atoms with Crippen LogP contribution in [0.25, 0.3) is 0 Å². The van der Waals surface area contributed by atoms with E-state index >= 15 is 0 Å². The van der Waals surface area contributed by atoms with E-state index in [0.29, 0.717) is 16.6 Å². The Balaban J connectivity index is 2.26. The predicted octanol–water partition coefficient (Wildman–Crippen LogP) is 3.07. The number of carboxylic acids is 1. The number of nitrogen functional groups attached to an aromatic ring is 1. The monoisotopic (exact) mass is 296 g/mol. The first-order valence-corrected chi connectivity index (χ1v) is 6.81. The first-order valence-electron chi connectivity index (χ1n) is 5.61. The third kappa shape index (κ3) is 3.62. The van der Waals surface area contributed by atoms with Crippen molar-refractivity contribution in [3.05, 3.63) is 45.6 Å². The molecular weight excluding hydrogens is 284 g/mol. The molecule has 3 N–H and O–H groups in total. The molecule has 0 saturated carbocycles. The topological polar surface area (TPSA) is 66.6 Å². The molecule has 0 saturated heterocycles. The lowest BCUT2D eigenvalue weighted by molar-refractivity contribution is -0.135. The molecule has 0 spiro atoms. The minimum Gasteiger partial charge on any atom is -0.480 e. The molecule has 0 aliphatic carbocycles. The summed E-state index contributed by atoms with van der Waals surface area (Å²) in [5.74, 6) is -0.897. The van der Waals surface area contributed by atoms with Crippen LogP contribution in [0.5, 0.6) is 0 Å². The number of carbonyl (C=O) groups is 1. The van der Waals surface area contributed by atoms with Gasteiger partial charge < -0.3 is 15.7 Å². The number of halogens is 1. The van der Waals surface area contributed by atoms with Gasteiger partial charge in [-0.25, -0.2) is 0 Å². The Bertz CT molecular complexity index is 586. The van der Waals surface area contributed by atoms with Crippen molar-refractivity contribution >= 4 is 40.3 Å². The summed E-state index contributed by atoms with van der Waals surface area (Å²) in [5.41, 5.74) is 7.18. The number of hydrogen-bond donors (Lipinski definition) is 2. The number of nitrogens with two attached hydrogens (primary N) is 1. The molecule has 100 valence electrons. The molecule has 1 aromatic carbocycles. The summed E-state index contributed by atoms with van der Waals surface area (Å²) in [5, 5.41) is 9.01. The van der Waals surface area contributed by atoms with Gasteiger partial charge in [-0.15, -0.1) is 11.3 Å². The highest BCUT2D eigenvalue weighted by atomic mass is 35.5. The van der Waals surface area contributed by atoms with Crippen molar-refractivity contribution in [1.29, 1.82) is 0 Å². The number of carboxylic acid groups (broad SMARTS) is 1. The van der Waals surface area contributed by atoms with Gasteiger partial charge in [0.05, 0.1) is 22.3 Å². The van der Waals surface area contributed by atoms with E-state index in [9.17, 15) is 4.79 Å². The molecule has 1 aromatic heterocycles. The van der Waals surface area contributed by atoms with Crippen LogP contribution >= 0.6 is 22.9 Å². The Hall–Kier alpha value is -1.72. The highest BCUT2D eigenvalue weighted by Gasteiger charge is 2.14. The number of aliphatic carboxylic acids is 1. The molecule has 0 atom stereocenters. The quantitative estimate of drug-likeness (QED) is 0.832. The zero-order valence-corrected chi connectivity index (χ0v) is 11.6. The molecule has 1 heterocycles. The molecular formula is C13H13ClN2O2S. The van der Waals surface area contributed by atoms with Crippen LogP contribution in [0.15, 0.2) is 36.4 Å². The van der Waals surface area contributed by atoms with Gasteiger partial charge in [0.1, 0.15) is 6.54 Å². The second-order valence-corrected chi connectivity index (χ2v) is 5.81. The standard InChI is InChI=1S/C13H13ClN2O2S/c14-12-6-5-9(19-12)7-16(8-13(17)18)11-4-2-1-3-10(11)15/h1-6H,7-8,15H2,(H,17,18). The van der Waals surface area contributed by atoms with Gasteiger partial charge in [0.15, 0.2) is 0 Å². The largest absolute Gasteiger partial charge is 0.480 e. The first-order chi connectivity index (χ1) is 9.06. The Morgan fingerprint density at radius 2 is 2.05 bits per heavy atom. The summed E-state index contributed by atoms with van der Waals surface area (Å²) in [6, 6.07) is 10.9. The summed E-state index contributed by atoms with van der Waals surface area (Å²) in [7, 11) is 0. The molecule has 2 rings (SSSR count). The minimum atomic E-state index is -0.897. The van der Waals surface area contributed by atoms with E-state index < -0.39 is 5.97 Å². The van der Waals surface area contributed by atoms with Crippen LogP contribution in [0, 0.1) is 0 Å². The summed E-state index contributed by atoms with van der Waals surface area (Å²) in [6.07, 6.45) is 0. The zero-order chi connectivity index (χ0) is 13.8. The van der Waals surface area contributed by atoms with E-state index in [2.05, 4.69) is 0 Å². The van der Waals surface area contributed by atoms with Crippen molar-refractivity contribution in [3.8, 4) is 0 Å². The van der Waals surface area contributed by atoms with E-state index in [1.165, 1.54) is 11.3 Å². The number of rotatable bonds is 5. The van der Waals surface area contributed by atoms with Crippen LogP contribution in [0.1, 0.15) is 4.88 Å². The van der Waals surface area contributed by atoms with Crippen molar-refractivity contribution in [2.24, 2.45) is 0 Å². The predicted molar refractivity (Wildman–Crippen MR) is 78.9 cm³/mol. The van der Waals surface area contributed by atoms with Gasteiger partial charge >= 0.3 is 5.97 Å². The molecule has 0 amide bonds. The normalized spacial score (nSPS) is 10.4. The molecule has 4 nitrogen and oxygen atoms in total. The molecule has 0 aliphatic heterocycles. The van der Waals surface area contributed by atoms with Crippen LogP contribution in [0.2, 0.25) is 4.34 Å². The number of hydrogen-bond acceptors (Lipinski definition) is 4. The maximum atomic E-state index is 11.0. The van der Waals surface area contributed by atoms with Crippen molar-refractivity contribution in [1.82, 2.24) is 0 Å². The summed E-state index contributed by atoms with van der Waals surface area (Å²) in [6.45, 7) is 0.363. The summed E-state index contributed by atoms with van der Waals surface area (Å²) < 4.78 is 0.686. The second-order valence-electron chi connectivity index (χ2n) is 4.01. The van der Waals surface area contributed by atoms with E-state index in [1.807, 2.05) is 24.3 Å². The van der Waals surface area contributed by atoms with Crippen molar-refractivity contribution in [2.45, 2.75) is 6.54 Å². The van der Waals surface area contributed by atoms with Crippen LogP contribution in [0.4, 0.5) is 11.4 Å². The number of para-hydroxylation sites is 2. The van der Waals surface area contributed by atoms with Crippen LogP contribution in [-0.4, -0.2) is 17.6 Å². The van der Waals surface area contributed by atoms with E-state index in [4.69, 9.17) is 22.4 Å². The number of anilines is 2. The summed E-state index contributed by atoms with van der Waals surface area (Å²) in [4.78, 5) is 13.7. The number of benzene rings is 1. The van der Waals surface area contributed by atoms with Crippen LogP contribution < -0.4 is 10.6 Å².